The van der Waals surface area contributed by atoms with Crippen LogP contribution in [0.5, 0.6) is 0 Å². The lowest BCUT2D eigenvalue weighted by molar-refractivity contribution is 0.541. The number of hydrazine groups is 1. The van der Waals surface area contributed by atoms with E-state index in [-0.39, 0.29) is 17.7 Å². The van der Waals surface area contributed by atoms with Gasteiger partial charge in [0, 0.05) is 0 Å². The molecule has 20 heavy (non-hydrogen) atoms. The quantitative estimate of drug-likeness (QED) is 0.656. The molecule has 0 saturated heterocycles. The van der Waals surface area contributed by atoms with Crippen LogP contribution in [0.1, 0.15) is 22.7 Å². The van der Waals surface area contributed by atoms with E-state index >= 15 is 0 Å². The van der Waals surface area contributed by atoms with Crippen LogP contribution in [0, 0.1) is 18.6 Å². The molecule has 0 saturated carbocycles. The van der Waals surface area contributed by atoms with Crippen molar-refractivity contribution in [2.24, 2.45) is 5.84 Å². The second kappa shape index (κ2) is 6.43. The van der Waals surface area contributed by atoms with Crippen molar-refractivity contribution in [2.45, 2.75) is 19.4 Å². The maximum atomic E-state index is 13.5. The monoisotopic (exact) mass is 340 g/mol. The minimum absolute atomic E-state index is 0.214. The van der Waals surface area contributed by atoms with Crippen molar-refractivity contribution in [1.82, 2.24) is 5.43 Å². The molecule has 0 aliphatic heterocycles. The van der Waals surface area contributed by atoms with E-state index in [1.807, 2.05) is 13.0 Å². The Hall–Kier alpha value is -1.30. The van der Waals surface area contributed by atoms with Crippen LogP contribution in [0.4, 0.5) is 8.78 Å². The highest BCUT2D eigenvalue weighted by atomic mass is 79.9. The third kappa shape index (κ3) is 3.23. The standard InChI is InChI=1S/C15H15BrF2N2/c1-9-7-11(17)5-6-12(9)14(20-19)8-10-3-2-4-13(18)15(10)16/h2-7,14,20H,8,19H2,1H3. The summed E-state index contributed by atoms with van der Waals surface area (Å²) in [7, 11) is 0. The van der Waals surface area contributed by atoms with Crippen molar-refractivity contribution in [1.29, 1.82) is 0 Å². The molecule has 0 heterocycles. The highest BCUT2D eigenvalue weighted by Crippen LogP contribution is 2.27. The summed E-state index contributed by atoms with van der Waals surface area (Å²) in [6.45, 7) is 1.82. The van der Waals surface area contributed by atoms with Gasteiger partial charge in [0.15, 0.2) is 0 Å². The zero-order chi connectivity index (χ0) is 14.7. The molecule has 106 valence electrons. The lowest BCUT2D eigenvalue weighted by atomic mass is 9.96. The molecule has 0 aliphatic rings. The molecule has 0 fully saturated rings. The van der Waals surface area contributed by atoms with Gasteiger partial charge in [-0.3, -0.25) is 11.3 Å². The molecule has 0 aromatic heterocycles. The van der Waals surface area contributed by atoms with E-state index < -0.39 is 0 Å². The normalized spacial score (nSPS) is 12.4. The van der Waals surface area contributed by atoms with Crippen molar-refractivity contribution in [3.8, 4) is 0 Å². The Kier molecular flexibility index (Phi) is 4.86. The Morgan fingerprint density at radius 3 is 2.65 bits per heavy atom. The van der Waals surface area contributed by atoms with E-state index in [4.69, 9.17) is 5.84 Å². The van der Waals surface area contributed by atoms with Crippen LogP contribution >= 0.6 is 15.9 Å². The molecule has 3 N–H and O–H groups in total. The molecule has 0 radical (unpaired) electrons. The van der Waals surface area contributed by atoms with E-state index in [0.717, 1.165) is 16.7 Å². The van der Waals surface area contributed by atoms with Gasteiger partial charge in [0.1, 0.15) is 11.6 Å². The first kappa shape index (κ1) is 15.1. The van der Waals surface area contributed by atoms with Crippen LogP contribution in [0.15, 0.2) is 40.9 Å². The highest BCUT2D eigenvalue weighted by Gasteiger charge is 2.16. The molecule has 2 aromatic rings. The topological polar surface area (TPSA) is 38.0 Å². The van der Waals surface area contributed by atoms with Gasteiger partial charge >= 0.3 is 0 Å². The van der Waals surface area contributed by atoms with Crippen LogP contribution in [-0.4, -0.2) is 0 Å². The van der Waals surface area contributed by atoms with Gasteiger partial charge in [-0.25, -0.2) is 8.78 Å². The van der Waals surface area contributed by atoms with Crippen molar-refractivity contribution >= 4 is 15.9 Å². The average molecular weight is 341 g/mol. The number of hydrogen-bond acceptors (Lipinski definition) is 2. The van der Waals surface area contributed by atoms with Gasteiger partial charge in [-0.2, -0.15) is 0 Å². The largest absolute Gasteiger partial charge is 0.271 e. The number of halogens is 3. The maximum Gasteiger partial charge on any atom is 0.137 e. The summed E-state index contributed by atoms with van der Waals surface area (Å²) in [4.78, 5) is 0. The van der Waals surface area contributed by atoms with Crippen LogP contribution in [0.2, 0.25) is 0 Å². The fourth-order valence-electron chi connectivity index (χ4n) is 2.21. The second-order valence-electron chi connectivity index (χ2n) is 4.64. The zero-order valence-electron chi connectivity index (χ0n) is 11.0. The van der Waals surface area contributed by atoms with Crippen molar-refractivity contribution in [3.63, 3.8) is 0 Å². The fourth-order valence-corrected chi connectivity index (χ4v) is 2.64. The molecular weight excluding hydrogens is 326 g/mol. The van der Waals surface area contributed by atoms with E-state index in [2.05, 4.69) is 21.4 Å². The summed E-state index contributed by atoms with van der Waals surface area (Å²) >= 11 is 3.24. The zero-order valence-corrected chi connectivity index (χ0v) is 12.5. The smallest absolute Gasteiger partial charge is 0.137 e. The third-order valence-corrected chi connectivity index (χ3v) is 4.15. The predicted octanol–water partition coefficient (Wildman–Crippen LogP) is 3.78. The number of rotatable bonds is 4. The van der Waals surface area contributed by atoms with Crippen molar-refractivity contribution < 1.29 is 8.78 Å². The number of nitrogens with two attached hydrogens (primary N) is 1. The number of aryl methyl sites for hydroxylation is 1. The summed E-state index contributed by atoms with van der Waals surface area (Å²) < 4.78 is 27.1. The Bertz CT molecular complexity index is 617. The van der Waals surface area contributed by atoms with Gasteiger partial charge in [0.05, 0.1) is 10.5 Å². The Balaban J connectivity index is 2.31. The first-order chi connectivity index (χ1) is 9.52. The van der Waals surface area contributed by atoms with E-state index in [1.165, 1.54) is 18.2 Å². The molecule has 0 bridgehead atoms. The lowest BCUT2D eigenvalue weighted by Crippen LogP contribution is -2.30. The number of nitrogens with one attached hydrogen (secondary N) is 1. The Morgan fingerprint density at radius 2 is 2.00 bits per heavy atom. The second-order valence-corrected chi connectivity index (χ2v) is 5.43. The number of benzene rings is 2. The molecule has 1 atom stereocenters. The molecule has 5 heteroatoms. The first-order valence-electron chi connectivity index (χ1n) is 6.18. The van der Waals surface area contributed by atoms with Crippen LogP contribution < -0.4 is 11.3 Å². The first-order valence-corrected chi connectivity index (χ1v) is 6.97. The van der Waals surface area contributed by atoms with Gasteiger partial charge in [-0.05, 0) is 64.2 Å². The number of hydrogen-bond donors (Lipinski definition) is 2. The fraction of sp³-hybridized carbons (Fsp3) is 0.200. The minimum Gasteiger partial charge on any atom is -0.271 e. The Labute approximate surface area is 125 Å². The summed E-state index contributed by atoms with van der Waals surface area (Å²) in [6.07, 6.45) is 0.501. The molecular formula is C15H15BrF2N2. The summed E-state index contributed by atoms with van der Waals surface area (Å²) in [5.41, 5.74) is 5.21. The lowest BCUT2D eigenvalue weighted by Gasteiger charge is -2.19. The molecule has 2 rings (SSSR count). The summed E-state index contributed by atoms with van der Waals surface area (Å²) in [6, 6.07) is 9.21. The molecule has 1 unspecified atom stereocenters. The molecule has 0 aliphatic carbocycles. The van der Waals surface area contributed by atoms with Crippen molar-refractivity contribution in [2.75, 3.05) is 0 Å². The maximum absolute atomic E-state index is 13.5. The van der Waals surface area contributed by atoms with Gasteiger partial charge in [-0.15, -0.1) is 0 Å². The minimum atomic E-state index is -0.311. The average Bonchev–Trinajstić information content (AvgIpc) is 2.41. The van der Waals surface area contributed by atoms with Crippen LogP contribution in [0.25, 0.3) is 0 Å². The van der Waals surface area contributed by atoms with E-state index in [0.29, 0.717) is 10.9 Å². The summed E-state index contributed by atoms with van der Waals surface area (Å²) in [5.74, 6) is 5.00. The van der Waals surface area contributed by atoms with Gasteiger partial charge in [0.25, 0.3) is 0 Å². The van der Waals surface area contributed by atoms with Gasteiger partial charge < -0.3 is 0 Å². The SMILES string of the molecule is Cc1cc(F)ccc1C(Cc1cccc(F)c1Br)NN. The molecule has 2 aromatic carbocycles. The predicted molar refractivity (Wildman–Crippen MR) is 79.0 cm³/mol. The van der Waals surface area contributed by atoms with Gasteiger partial charge in [0.2, 0.25) is 0 Å². The van der Waals surface area contributed by atoms with E-state index in [9.17, 15) is 8.78 Å². The third-order valence-electron chi connectivity index (χ3n) is 3.26. The molecule has 0 amide bonds. The van der Waals surface area contributed by atoms with Gasteiger partial charge in [-0.1, -0.05) is 18.2 Å². The van der Waals surface area contributed by atoms with E-state index in [1.54, 1.807) is 12.1 Å². The van der Waals surface area contributed by atoms with Crippen LogP contribution in [0.3, 0.4) is 0 Å². The Morgan fingerprint density at radius 1 is 1.25 bits per heavy atom. The van der Waals surface area contributed by atoms with Crippen molar-refractivity contribution in [3.05, 3.63) is 69.2 Å². The van der Waals surface area contributed by atoms with Crippen LogP contribution in [-0.2, 0) is 6.42 Å². The molecule has 2 nitrogen and oxygen atoms in total. The highest BCUT2D eigenvalue weighted by molar-refractivity contribution is 9.10. The molecule has 0 spiro atoms. The summed E-state index contributed by atoms with van der Waals surface area (Å²) in [5, 5.41) is 0.